The molecular formula is C22H20N2O5. The first kappa shape index (κ1) is 18.7. The monoisotopic (exact) mass is 392 g/mol. The number of aryl methyl sites for hydroxylation is 2. The lowest BCUT2D eigenvalue weighted by Gasteiger charge is -2.11. The van der Waals surface area contributed by atoms with Crippen LogP contribution in [0.25, 0.3) is 33.4 Å². The molecule has 0 saturated carbocycles. The first-order chi connectivity index (χ1) is 14.0. The number of hydrogen-bond donors (Lipinski definition) is 1. The highest BCUT2D eigenvalue weighted by molar-refractivity contribution is 5.98. The molecule has 4 aromatic rings. The molecule has 0 aliphatic carbocycles. The predicted octanol–water partition coefficient (Wildman–Crippen LogP) is 3.79. The number of ether oxygens (including phenoxy) is 1. The van der Waals surface area contributed by atoms with Crippen LogP contribution in [0.2, 0.25) is 0 Å². The summed E-state index contributed by atoms with van der Waals surface area (Å²) in [4.78, 5) is 30.6. The summed E-state index contributed by atoms with van der Waals surface area (Å²) in [5.74, 6) is -0.663. The topological polar surface area (TPSA) is 94.6 Å². The fraction of sp³-hybridized carbons (Fsp3) is 0.227. The lowest BCUT2D eigenvalue weighted by molar-refractivity contribution is 0.0492. The summed E-state index contributed by atoms with van der Waals surface area (Å²) in [6.07, 6.45) is 0.544. The van der Waals surface area contributed by atoms with E-state index in [0.717, 1.165) is 5.52 Å². The van der Waals surface area contributed by atoms with Gasteiger partial charge in [0, 0.05) is 13.1 Å². The minimum Gasteiger partial charge on any atom is -0.508 e. The van der Waals surface area contributed by atoms with Gasteiger partial charge in [-0.2, -0.15) is 0 Å². The first-order valence-corrected chi connectivity index (χ1v) is 9.37. The number of phenolic OH excluding ortho intramolecular Hbond substituents is 1. The summed E-state index contributed by atoms with van der Waals surface area (Å²) in [7, 11) is 1.78. The number of hydrogen-bond acceptors (Lipinski definition) is 6. The van der Waals surface area contributed by atoms with Crippen molar-refractivity contribution in [3.05, 3.63) is 57.9 Å². The van der Waals surface area contributed by atoms with Crippen molar-refractivity contribution >= 4 is 28.0 Å². The van der Waals surface area contributed by atoms with E-state index < -0.39 is 11.4 Å². The number of para-hydroxylation sites is 2. The molecule has 0 bridgehead atoms. The average Bonchev–Trinajstić information content (AvgIpc) is 3.04. The van der Waals surface area contributed by atoms with Gasteiger partial charge >= 0.3 is 5.97 Å². The second-order valence-corrected chi connectivity index (χ2v) is 6.67. The van der Waals surface area contributed by atoms with Crippen molar-refractivity contribution in [3.8, 4) is 17.1 Å². The lowest BCUT2D eigenvalue weighted by Crippen LogP contribution is -2.17. The van der Waals surface area contributed by atoms with Crippen LogP contribution in [0.4, 0.5) is 0 Å². The van der Waals surface area contributed by atoms with E-state index >= 15 is 0 Å². The van der Waals surface area contributed by atoms with E-state index in [1.165, 1.54) is 6.07 Å². The number of nitrogens with zero attached hydrogens (tertiary/aromatic N) is 2. The molecule has 0 unspecified atom stereocenters. The molecule has 0 aliphatic heterocycles. The van der Waals surface area contributed by atoms with Crippen LogP contribution in [-0.4, -0.2) is 27.2 Å². The van der Waals surface area contributed by atoms with Crippen molar-refractivity contribution in [2.75, 3.05) is 6.61 Å². The maximum atomic E-state index is 13.5. The van der Waals surface area contributed by atoms with Crippen molar-refractivity contribution < 1.29 is 19.1 Å². The molecule has 148 valence electrons. The minimum absolute atomic E-state index is 0.00781. The Kier molecular flexibility index (Phi) is 4.58. The SMILES string of the molecule is CCOC(=O)c1oc2cc(O)c(CC)cc2c(=O)c1-c1nc2ccccc2n1C. The number of aromatic hydroxyl groups is 1. The number of imidazole rings is 1. The molecule has 2 heterocycles. The number of aromatic nitrogens is 2. The fourth-order valence-corrected chi connectivity index (χ4v) is 3.47. The zero-order chi connectivity index (χ0) is 20.7. The molecule has 0 amide bonds. The van der Waals surface area contributed by atoms with Gasteiger partial charge in [-0.1, -0.05) is 19.1 Å². The molecule has 0 fully saturated rings. The van der Waals surface area contributed by atoms with Gasteiger partial charge in [-0.15, -0.1) is 0 Å². The van der Waals surface area contributed by atoms with Crippen LogP contribution in [0, 0.1) is 0 Å². The maximum Gasteiger partial charge on any atom is 0.375 e. The van der Waals surface area contributed by atoms with Crippen LogP contribution in [0.1, 0.15) is 30.0 Å². The highest BCUT2D eigenvalue weighted by Gasteiger charge is 2.27. The molecule has 0 aliphatic rings. The highest BCUT2D eigenvalue weighted by atomic mass is 16.5. The molecule has 1 N–H and O–H groups in total. The fourth-order valence-electron chi connectivity index (χ4n) is 3.47. The van der Waals surface area contributed by atoms with Crippen LogP contribution in [0.15, 0.2) is 45.6 Å². The molecular weight excluding hydrogens is 372 g/mol. The van der Waals surface area contributed by atoms with Crippen molar-refractivity contribution in [1.29, 1.82) is 0 Å². The molecule has 0 atom stereocenters. The predicted molar refractivity (Wildman–Crippen MR) is 109 cm³/mol. The van der Waals surface area contributed by atoms with Crippen molar-refractivity contribution in [1.82, 2.24) is 9.55 Å². The molecule has 0 spiro atoms. The van der Waals surface area contributed by atoms with E-state index in [-0.39, 0.29) is 34.6 Å². The molecule has 7 heteroatoms. The van der Waals surface area contributed by atoms with Gasteiger partial charge in [-0.25, -0.2) is 9.78 Å². The molecule has 0 saturated heterocycles. The van der Waals surface area contributed by atoms with Gasteiger partial charge in [-0.3, -0.25) is 4.79 Å². The van der Waals surface area contributed by atoms with E-state index in [0.29, 0.717) is 23.3 Å². The number of benzene rings is 2. The van der Waals surface area contributed by atoms with E-state index in [2.05, 4.69) is 4.98 Å². The summed E-state index contributed by atoms with van der Waals surface area (Å²) in [6.45, 7) is 3.68. The zero-order valence-corrected chi connectivity index (χ0v) is 16.4. The Morgan fingerprint density at radius 3 is 2.69 bits per heavy atom. The Bertz CT molecular complexity index is 1320. The number of carbonyl (C=O) groups excluding carboxylic acids is 1. The molecule has 29 heavy (non-hydrogen) atoms. The third-order valence-electron chi connectivity index (χ3n) is 4.94. The number of phenols is 1. The smallest absolute Gasteiger partial charge is 0.375 e. The summed E-state index contributed by atoms with van der Waals surface area (Å²) in [5, 5.41) is 10.4. The van der Waals surface area contributed by atoms with Crippen LogP contribution in [0.5, 0.6) is 5.75 Å². The summed E-state index contributed by atoms with van der Waals surface area (Å²) >= 11 is 0. The normalized spacial score (nSPS) is 11.3. The number of esters is 1. The van der Waals surface area contributed by atoms with Crippen LogP contribution in [0.3, 0.4) is 0 Å². The van der Waals surface area contributed by atoms with Crippen molar-refractivity contribution in [2.45, 2.75) is 20.3 Å². The zero-order valence-electron chi connectivity index (χ0n) is 16.4. The van der Waals surface area contributed by atoms with Gasteiger partial charge in [-0.05, 0) is 37.1 Å². The molecule has 2 aromatic heterocycles. The first-order valence-electron chi connectivity index (χ1n) is 9.37. The Balaban J connectivity index is 2.12. The van der Waals surface area contributed by atoms with Gasteiger partial charge in [0.15, 0.2) is 0 Å². The Morgan fingerprint density at radius 1 is 1.24 bits per heavy atom. The number of rotatable bonds is 4. The van der Waals surface area contributed by atoms with Gasteiger partial charge in [0.2, 0.25) is 11.2 Å². The standard InChI is InChI=1S/C22H20N2O5/c1-4-12-10-13-17(11-16(12)25)29-20(22(27)28-5-2)18(19(13)26)21-23-14-8-6-7-9-15(14)24(21)3/h6-11,25H,4-5H2,1-3H3. The highest BCUT2D eigenvalue weighted by Crippen LogP contribution is 2.30. The van der Waals surface area contributed by atoms with E-state index in [1.807, 2.05) is 31.2 Å². The second-order valence-electron chi connectivity index (χ2n) is 6.67. The molecule has 2 aromatic carbocycles. The lowest BCUT2D eigenvalue weighted by atomic mass is 10.0. The quantitative estimate of drug-likeness (QED) is 0.531. The van der Waals surface area contributed by atoms with E-state index in [9.17, 15) is 14.7 Å². The van der Waals surface area contributed by atoms with Crippen molar-refractivity contribution in [3.63, 3.8) is 0 Å². The Labute approximate surface area is 166 Å². The summed E-state index contributed by atoms with van der Waals surface area (Å²) in [6, 6.07) is 10.4. The second kappa shape index (κ2) is 7.09. The molecule has 0 radical (unpaired) electrons. The van der Waals surface area contributed by atoms with Crippen molar-refractivity contribution in [2.24, 2.45) is 7.05 Å². The molecule has 7 nitrogen and oxygen atoms in total. The van der Waals surface area contributed by atoms with E-state index in [1.54, 1.807) is 24.6 Å². The third-order valence-corrected chi connectivity index (χ3v) is 4.94. The average molecular weight is 392 g/mol. The van der Waals surface area contributed by atoms with Crippen LogP contribution in [-0.2, 0) is 18.2 Å². The minimum atomic E-state index is -0.757. The summed E-state index contributed by atoms with van der Waals surface area (Å²) < 4.78 is 12.6. The van der Waals surface area contributed by atoms with Gasteiger partial charge in [0.1, 0.15) is 22.7 Å². The van der Waals surface area contributed by atoms with Crippen LogP contribution < -0.4 is 5.43 Å². The third kappa shape index (κ3) is 2.95. The maximum absolute atomic E-state index is 13.5. The Morgan fingerprint density at radius 2 is 2.00 bits per heavy atom. The number of carbonyl (C=O) groups is 1. The Hall–Kier alpha value is -3.61. The molecule has 4 rings (SSSR count). The van der Waals surface area contributed by atoms with Gasteiger partial charge in [0.25, 0.3) is 0 Å². The van der Waals surface area contributed by atoms with Gasteiger partial charge < -0.3 is 18.8 Å². The van der Waals surface area contributed by atoms with Crippen LogP contribution >= 0.6 is 0 Å². The van der Waals surface area contributed by atoms with Gasteiger partial charge in [0.05, 0.1) is 23.0 Å². The van der Waals surface area contributed by atoms with E-state index in [4.69, 9.17) is 9.15 Å². The number of fused-ring (bicyclic) bond motifs is 2. The largest absolute Gasteiger partial charge is 0.508 e. The summed E-state index contributed by atoms with van der Waals surface area (Å²) in [5.41, 5.74) is 1.89.